The predicted octanol–water partition coefficient (Wildman–Crippen LogP) is 2.93. The van der Waals surface area contributed by atoms with E-state index in [9.17, 15) is 18.0 Å². The molecule has 0 fully saturated rings. The Hall–Kier alpha value is -3.23. The zero-order valence-electron chi connectivity index (χ0n) is 15.9. The van der Waals surface area contributed by atoms with E-state index in [-0.39, 0.29) is 4.90 Å². The number of carbonyl (C=O) groups excluding carboxylic acids is 2. The molecule has 2 N–H and O–H groups in total. The molecule has 0 saturated carbocycles. The Kier molecular flexibility index (Phi) is 5.95. The van der Waals surface area contributed by atoms with E-state index in [1.165, 1.54) is 44.4 Å². The first-order valence-corrected chi connectivity index (χ1v) is 10.3. The number of fused-ring (bicyclic) bond motifs is 1. The Bertz CT molecular complexity index is 1160. The maximum atomic E-state index is 12.7. The monoisotopic (exact) mass is 412 g/mol. The van der Waals surface area contributed by atoms with Crippen LogP contribution in [0.25, 0.3) is 10.8 Å². The van der Waals surface area contributed by atoms with Gasteiger partial charge in [0.2, 0.25) is 15.9 Å². The fraction of sp³-hybridized carbons (Fsp3) is 0.143. The van der Waals surface area contributed by atoms with Crippen LogP contribution in [-0.2, 0) is 19.6 Å². The van der Waals surface area contributed by atoms with E-state index in [0.29, 0.717) is 11.3 Å². The summed E-state index contributed by atoms with van der Waals surface area (Å²) in [5, 5.41) is 4.33. The second kappa shape index (κ2) is 8.42. The van der Waals surface area contributed by atoms with Gasteiger partial charge in [-0.1, -0.05) is 30.3 Å². The van der Waals surface area contributed by atoms with E-state index in [1.54, 1.807) is 12.1 Å². The number of anilines is 1. The van der Waals surface area contributed by atoms with Gasteiger partial charge in [-0.3, -0.25) is 4.79 Å². The third-order valence-corrected chi connectivity index (χ3v) is 5.87. The summed E-state index contributed by atoms with van der Waals surface area (Å²) >= 11 is 0. The van der Waals surface area contributed by atoms with Crippen molar-refractivity contribution in [3.8, 4) is 0 Å². The number of benzene rings is 3. The normalized spacial score (nSPS) is 12.3. The van der Waals surface area contributed by atoms with Gasteiger partial charge in [0, 0.05) is 5.69 Å². The number of nitrogens with one attached hydrogen (secondary N) is 2. The third kappa shape index (κ3) is 4.79. The molecule has 0 radical (unpaired) electrons. The Balaban J connectivity index is 1.69. The Labute approximate surface area is 168 Å². The summed E-state index contributed by atoms with van der Waals surface area (Å²) in [7, 11) is -2.60. The van der Waals surface area contributed by atoms with E-state index >= 15 is 0 Å². The van der Waals surface area contributed by atoms with Crippen LogP contribution in [0, 0.1) is 0 Å². The Morgan fingerprint density at radius 2 is 1.59 bits per heavy atom. The minimum atomic E-state index is -3.88. The summed E-state index contributed by atoms with van der Waals surface area (Å²) in [5.41, 5.74) is 0.773. The first kappa shape index (κ1) is 20.5. The van der Waals surface area contributed by atoms with Gasteiger partial charge in [0.25, 0.3) is 0 Å². The first-order chi connectivity index (χ1) is 13.8. The van der Waals surface area contributed by atoms with E-state index < -0.39 is 27.9 Å². The van der Waals surface area contributed by atoms with Crippen LogP contribution in [0.5, 0.6) is 0 Å². The smallest absolute Gasteiger partial charge is 0.337 e. The van der Waals surface area contributed by atoms with E-state index in [0.717, 1.165) is 10.8 Å². The van der Waals surface area contributed by atoms with E-state index in [1.807, 2.05) is 24.3 Å². The third-order valence-electron chi connectivity index (χ3n) is 4.33. The molecule has 7 nitrogen and oxygen atoms in total. The second-order valence-corrected chi connectivity index (χ2v) is 8.12. The highest BCUT2D eigenvalue weighted by Gasteiger charge is 2.22. The number of hydrogen-bond acceptors (Lipinski definition) is 5. The highest BCUT2D eigenvalue weighted by Crippen LogP contribution is 2.19. The predicted molar refractivity (Wildman–Crippen MR) is 110 cm³/mol. The molecule has 0 spiro atoms. The average Bonchev–Trinajstić information content (AvgIpc) is 2.73. The van der Waals surface area contributed by atoms with Gasteiger partial charge in [-0.05, 0) is 54.1 Å². The quantitative estimate of drug-likeness (QED) is 0.606. The molecule has 0 bridgehead atoms. The lowest BCUT2D eigenvalue weighted by molar-refractivity contribution is -0.117. The van der Waals surface area contributed by atoms with Gasteiger partial charge < -0.3 is 10.1 Å². The number of ether oxygens (including phenoxy) is 1. The number of amides is 1. The van der Waals surface area contributed by atoms with Gasteiger partial charge in [0.1, 0.15) is 0 Å². The summed E-state index contributed by atoms with van der Waals surface area (Å²) < 4.78 is 32.3. The number of esters is 1. The van der Waals surface area contributed by atoms with Crippen molar-refractivity contribution in [3.05, 3.63) is 72.3 Å². The number of hydrogen-bond donors (Lipinski definition) is 2. The summed E-state index contributed by atoms with van der Waals surface area (Å²) in [6.07, 6.45) is 0. The minimum Gasteiger partial charge on any atom is -0.465 e. The average molecular weight is 412 g/mol. The SMILES string of the molecule is COC(=O)c1ccc(NC(=O)[C@H](C)NS(=O)(=O)c2ccc3ccccc3c2)cc1. The summed E-state index contributed by atoms with van der Waals surface area (Å²) in [5.74, 6) is -1.01. The lowest BCUT2D eigenvalue weighted by Crippen LogP contribution is -2.41. The Morgan fingerprint density at radius 1 is 0.931 bits per heavy atom. The van der Waals surface area contributed by atoms with E-state index in [2.05, 4.69) is 14.8 Å². The van der Waals surface area contributed by atoms with Crippen LogP contribution in [0.3, 0.4) is 0 Å². The molecule has 3 rings (SSSR count). The van der Waals surface area contributed by atoms with Crippen molar-refractivity contribution in [3.63, 3.8) is 0 Å². The molecule has 0 aliphatic rings. The molecule has 8 heteroatoms. The highest BCUT2D eigenvalue weighted by molar-refractivity contribution is 7.89. The molecule has 3 aromatic rings. The van der Waals surface area contributed by atoms with Crippen LogP contribution in [0.15, 0.2) is 71.6 Å². The first-order valence-electron chi connectivity index (χ1n) is 8.80. The molecular formula is C21H20N2O5S. The minimum absolute atomic E-state index is 0.0817. The molecule has 1 amide bonds. The molecule has 0 unspecified atom stereocenters. The Morgan fingerprint density at radius 3 is 2.24 bits per heavy atom. The number of methoxy groups -OCH3 is 1. The lowest BCUT2D eigenvalue weighted by atomic mass is 10.1. The highest BCUT2D eigenvalue weighted by atomic mass is 32.2. The van der Waals surface area contributed by atoms with Crippen LogP contribution >= 0.6 is 0 Å². The van der Waals surface area contributed by atoms with Crippen LogP contribution in [0.1, 0.15) is 17.3 Å². The summed E-state index contributed by atoms with van der Waals surface area (Å²) in [6.45, 7) is 1.46. The van der Waals surface area contributed by atoms with Crippen molar-refractivity contribution in [1.82, 2.24) is 4.72 Å². The molecule has 0 aliphatic carbocycles. The van der Waals surface area contributed by atoms with E-state index in [4.69, 9.17) is 0 Å². The molecular weight excluding hydrogens is 392 g/mol. The molecule has 150 valence electrons. The summed E-state index contributed by atoms with van der Waals surface area (Å²) in [6, 6.07) is 17.3. The molecule has 3 aromatic carbocycles. The summed E-state index contributed by atoms with van der Waals surface area (Å²) in [4.78, 5) is 23.9. The zero-order valence-corrected chi connectivity index (χ0v) is 16.7. The van der Waals surface area contributed by atoms with Crippen LogP contribution in [0.4, 0.5) is 5.69 Å². The molecule has 0 aromatic heterocycles. The van der Waals surface area contributed by atoms with Gasteiger partial charge in [0.15, 0.2) is 0 Å². The van der Waals surface area contributed by atoms with Gasteiger partial charge in [-0.2, -0.15) is 4.72 Å². The maximum absolute atomic E-state index is 12.7. The lowest BCUT2D eigenvalue weighted by Gasteiger charge is -2.15. The fourth-order valence-electron chi connectivity index (χ4n) is 2.75. The topological polar surface area (TPSA) is 102 Å². The molecule has 29 heavy (non-hydrogen) atoms. The van der Waals surface area contributed by atoms with Crippen LogP contribution < -0.4 is 10.0 Å². The fourth-order valence-corrected chi connectivity index (χ4v) is 3.98. The van der Waals surface area contributed by atoms with Crippen LogP contribution in [-0.4, -0.2) is 33.4 Å². The number of sulfonamides is 1. The van der Waals surface area contributed by atoms with Gasteiger partial charge in [0.05, 0.1) is 23.6 Å². The largest absolute Gasteiger partial charge is 0.465 e. The van der Waals surface area contributed by atoms with Gasteiger partial charge in [-0.15, -0.1) is 0 Å². The van der Waals surface area contributed by atoms with Gasteiger partial charge in [-0.25, -0.2) is 13.2 Å². The van der Waals surface area contributed by atoms with Crippen molar-refractivity contribution in [2.45, 2.75) is 17.9 Å². The van der Waals surface area contributed by atoms with Crippen molar-refractivity contribution < 1.29 is 22.7 Å². The van der Waals surface area contributed by atoms with Gasteiger partial charge >= 0.3 is 5.97 Å². The van der Waals surface area contributed by atoms with Crippen molar-refractivity contribution in [2.75, 3.05) is 12.4 Å². The molecule has 0 aliphatic heterocycles. The standard InChI is InChI=1S/C21H20N2O5S/c1-14(20(24)22-18-10-7-16(8-11-18)21(25)28-2)23-29(26,27)19-12-9-15-5-3-4-6-17(15)13-19/h3-14,23H,1-2H3,(H,22,24)/t14-/m0/s1. The van der Waals surface area contributed by atoms with Crippen molar-refractivity contribution >= 4 is 38.4 Å². The zero-order chi connectivity index (χ0) is 21.0. The molecule has 0 saturated heterocycles. The molecule has 1 atom stereocenters. The van der Waals surface area contributed by atoms with Crippen molar-refractivity contribution in [2.24, 2.45) is 0 Å². The number of rotatable bonds is 6. The van der Waals surface area contributed by atoms with Crippen molar-refractivity contribution in [1.29, 1.82) is 0 Å². The van der Waals surface area contributed by atoms with Crippen LogP contribution in [0.2, 0.25) is 0 Å². The maximum Gasteiger partial charge on any atom is 0.337 e. The molecule has 0 heterocycles. The number of carbonyl (C=O) groups is 2. The second-order valence-electron chi connectivity index (χ2n) is 6.41.